The number of nitrogens with one attached hydrogen (secondary N) is 1. The number of fused-ring (bicyclic) bond motifs is 1. The monoisotopic (exact) mass is 320 g/mol. The maximum atomic E-state index is 12.4. The summed E-state index contributed by atoms with van der Waals surface area (Å²) in [6.07, 6.45) is 2.84. The highest BCUT2D eigenvalue weighted by atomic mass is 16.5. The Balaban J connectivity index is 1.58. The lowest BCUT2D eigenvalue weighted by molar-refractivity contribution is -0.148. The Hall–Kier alpha value is -2.59. The molecule has 4 rings (SSSR count). The molecule has 0 saturated carbocycles. The van der Waals surface area contributed by atoms with Gasteiger partial charge in [0, 0.05) is 23.6 Å². The van der Waals surface area contributed by atoms with Crippen molar-refractivity contribution in [3.63, 3.8) is 0 Å². The molecule has 1 N–H and O–H groups in total. The van der Waals surface area contributed by atoms with Crippen LogP contribution in [0.2, 0.25) is 0 Å². The number of nitrogens with zero attached hydrogens (tertiary/aromatic N) is 1. The number of hydrogen-bond acceptors (Lipinski definition) is 2. The second kappa shape index (κ2) is 6.49. The number of para-hydroxylation sites is 1. The number of hydrogen-bond donors (Lipinski definition) is 1. The first-order valence-corrected chi connectivity index (χ1v) is 8.27. The third-order valence-corrected chi connectivity index (χ3v) is 4.62. The molecule has 1 atom stereocenters. The summed E-state index contributed by atoms with van der Waals surface area (Å²) in [5, 5.41) is 1.22. The Morgan fingerprint density at radius 2 is 1.88 bits per heavy atom. The molecule has 1 aliphatic heterocycles. The molecule has 0 radical (unpaired) electrons. The molecule has 4 heteroatoms. The van der Waals surface area contributed by atoms with Crippen LogP contribution in [0.4, 0.5) is 0 Å². The number of aromatic amines is 1. The SMILES string of the molecule is O=C1COC[C@H](Cc2c[nH]c3ccccc23)N1Cc1ccccc1. The smallest absolute Gasteiger partial charge is 0.249 e. The van der Waals surface area contributed by atoms with Gasteiger partial charge in [0.1, 0.15) is 6.61 Å². The molecular weight excluding hydrogens is 300 g/mol. The van der Waals surface area contributed by atoms with E-state index >= 15 is 0 Å². The molecule has 1 saturated heterocycles. The third kappa shape index (κ3) is 2.93. The Morgan fingerprint density at radius 3 is 2.75 bits per heavy atom. The molecule has 2 heterocycles. The van der Waals surface area contributed by atoms with Crippen LogP contribution in [0.1, 0.15) is 11.1 Å². The van der Waals surface area contributed by atoms with E-state index in [2.05, 4.69) is 29.2 Å². The number of benzene rings is 2. The van der Waals surface area contributed by atoms with E-state index in [1.165, 1.54) is 10.9 Å². The van der Waals surface area contributed by atoms with Gasteiger partial charge in [0.05, 0.1) is 12.6 Å². The van der Waals surface area contributed by atoms with E-state index in [0.29, 0.717) is 13.2 Å². The van der Waals surface area contributed by atoms with Crippen LogP contribution in [-0.2, 0) is 22.5 Å². The van der Waals surface area contributed by atoms with Crippen molar-refractivity contribution in [3.8, 4) is 0 Å². The lowest BCUT2D eigenvalue weighted by Crippen LogP contribution is -2.49. The van der Waals surface area contributed by atoms with Gasteiger partial charge in [0.15, 0.2) is 0 Å². The van der Waals surface area contributed by atoms with E-state index in [0.717, 1.165) is 17.5 Å². The Labute approximate surface area is 141 Å². The summed E-state index contributed by atoms with van der Waals surface area (Å²) in [6.45, 7) is 1.39. The van der Waals surface area contributed by atoms with Crippen LogP contribution in [-0.4, -0.2) is 35.0 Å². The largest absolute Gasteiger partial charge is 0.369 e. The summed E-state index contributed by atoms with van der Waals surface area (Å²) in [7, 11) is 0. The highest BCUT2D eigenvalue weighted by Crippen LogP contribution is 2.23. The van der Waals surface area contributed by atoms with Gasteiger partial charge in [-0.25, -0.2) is 0 Å². The summed E-state index contributed by atoms with van der Waals surface area (Å²) in [5.74, 6) is 0.0648. The number of carbonyl (C=O) groups is 1. The van der Waals surface area contributed by atoms with Gasteiger partial charge in [-0.3, -0.25) is 4.79 Å². The molecule has 2 aromatic carbocycles. The van der Waals surface area contributed by atoms with Crippen molar-refractivity contribution in [2.24, 2.45) is 0 Å². The van der Waals surface area contributed by atoms with Gasteiger partial charge in [-0.05, 0) is 23.6 Å². The molecule has 4 nitrogen and oxygen atoms in total. The van der Waals surface area contributed by atoms with Crippen LogP contribution < -0.4 is 0 Å². The maximum absolute atomic E-state index is 12.4. The highest BCUT2D eigenvalue weighted by Gasteiger charge is 2.29. The highest BCUT2D eigenvalue weighted by molar-refractivity contribution is 5.83. The van der Waals surface area contributed by atoms with Gasteiger partial charge in [0.2, 0.25) is 5.91 Å². The second-order valence-electron chi connectivity index (χ2n) is 6.24. The van der Waals surface area contributed by atoms with Crippen LogP contribution >= 0.6 is 0 Å². The van der Waals surface area contributed by atoms with Crippen LogP contribution in [0.15, 0.2) is 60.8 Å². The van der Waals surface area contributed by atoms with Crippen molar-refractivity contribution < 1.29 is 9.53 Å². The van der Waals surface area contributed by atoms with Crippen molar-refractivity contribution in [2.75, 3.05) is 13.2 Å². The van der Waals surface area contributed by atoms with Crippen molar-refractivity contribution in [3.05, 3.63) is 71.9 Å². The maximum Gasteiger partial charge on any atom is 0.249 e. The fraction of sp³-hybridized carbons (Fsp3) is 0.250. The zero-order valence-electron chi connectivity index (χ0n) is 13.4. The van der Waals surface area contributed by atoms with Gasteiger partial charge in [-0.2, -0.15) is 0 Å². The fourth-order valence-electron chi connectivity index (χ4n) is 3.38. The molecule has 0 bridgehead atoms. The van der Waals surface area contributed by atoms with E-state index in [9.17, 15) is 4.79 Å². The molecule has 24 heavy (non-hydrogen) atoms. The van der Waals surface area contributed by atoms with Crippen molar-refractivity contribution in [1.82, 2.24) is 9.88 Å². The number of ether oxygens (including phenoxy) is 1. The number of amides is 1. The first kappa shape index (κ1) is 15.0. The number of rotatable bonds is 4. The minimum absolute atomic E-state index is 0.0608. The van der Waals surface area contributed by atoms with Gasteiger partial charge in [0.25, 0.3) is 0 Å². The molecule has 0 unspecified atom stereocenters. The van der Waals surface area contributed by atoms with E-state index in [1.54, 1.807) is 0 Å². The molecule has 1 amide bonds. The Bertz CT molecular complexity index is 841. The standard InChI is InChI=1S/C20H20N2O2/c23-20-14-24-13-17(22(20)12-15-6-2-1-3-7-15)10-16-11-21-19-9-5-4-8-18(16)19/h1-9,11,17,21H,10,12-14H2/t17-/m0/s1. The van der Waals surface area contributed by atoms with E-state index in [-0.39, 0.29) is 18.6 Å². The van der Waals surface area contributed by atoms with Crippen LogP contribution in [0.3, 0.4) is 0 Å². The fourth-order valence-corrected chi connectivity index (χ4v) is 3.38. The first-order chi connectivity index (χ1) is 11.8. The Kier molecular flexibility index (Phi) is 4.05. The second-order valence-corrected chi connectivity index (χ2v) is 6.24. The number of H-pyrrole nitrogens is 1. The van der Waals surface area contributed by atoms with Gasteiger partial charge in [-0.15, -0.1) is 0 Å². The third-order valence-electron chi connectivity index (χ3n) is 4.62. The minimum atomic E-state index is 0.0608. The molecule has 1 aromatic heterocycles. The van der Waals surface area contributed by atoms with E-state index < -0.39 is 0 Å². The van der Waals surface area contributed by atoms with Crippen LogP contribution in [0, 0.1) is 0 Å². The van der Waals surface area contributed by atoms with Crippen LogP contribution in [0.25, 0.3) is 10.9 Å². The minimum Gasteiger partial charge on any atom is -0.369 e. The summed E-state index contributed by atoms with van der Waals surface area (Å²) in [5.41, 5.74) is 3.51. The summed E-state index contributed by atoms with van der Waals surface area (Å²) in [4.78, 5) is 17.7. The average Bonchev–Trinajstić information content (AvgIpc) is 3.02. The lowest BCUT2D eigenvalue weighted by atomic mass is 10.0. The molecule has 0 spiro atoms. The molecule has 0 aliphatic carbocycles. The van der Waals surface area contributed by atoms with Gasteiger partial charge < -0.3 is 14.6 Å². The number of aromatic nitrogens is 1. The topological polar surface area (TPSA) is 45.3 Å². The molecule has 3 aromatic rings. The predicted octanol–water partition coefficient (Wildman–Crippen LogP) is 3.14. The zero-order chi connectivity index (χ0) is 16.4. The average molecular weight is 320 g/mol. The molecular formula is C20H20N2O2. The number of carbonyl (C=O) groups excluding carboxylic acids is 1. The molecule has 1 aliphatic rings. The van der Waals surface area contributed by atoms with E-state index in [4.69, 9.17) is 4.74 Å². The van der Waals surface area contributed by atoms with Crippen LogP contribution in [0.5, 0.6) is 0 Å². The molecule has 122 valence electrons. The van der Waals surface area contributed by atoms with Crippen molar-refractivity contribution in [2.45, 2.75) is 19.0 Å². The summed E-state index contributed by atoms with van der Waals surface area (Å²) < 4.78 is 5.52. The van der Waals surface area contributed by atoms with Crippen molar-refractivity contribution >= 4 is 16.8 Å². The van der Waals surface area contributed by atoms with Gasteiger partial charge in [-0.1, -0.05) is 48.5 Å². The number of morpholine rings is 1. The van der Waals surface area contributed by atoms with Gasteiger partial charge >= 0.3 is 0 Å². The van der Waals surface area contributed by atoms with E-state index in [1.807, 2.05) is 41.4 Å². The zero-order valence-corrected chi connectivity index (χ0v) is 13.4. The normalized spacial score (nSPS) is 18.2. The predicted molar refractivity (Wildman–Crippen MR) is 93.6 cm³/mol. The lowest BCUT2D eigenvalue weighted by Gasteiger charge is -2.35. The quantitative estimate of drug-likeness (QED) is 0.803. The molecule has 1 fully saturated rings. The first-order valence-electron chi connectivity index (χ1n) is 8.27. The Morgan fingerprint density at radius 1 is 1.08 bits per heavy atom. The van der Waals surface area contributed by atoms with Crippen molar-refractivity contribution in [1.29, 1.82) is 0 Å². The summed E-state index contributed by atoms with van der Waals surface area (Å²) in [6, 6.07) is 18.5. The summed E-state index contributed by atoms with van der Waals surface area (Å²) >= 11 is 0.